The van der Waals surface area contributed by atoms with Gasteiger partial charge in [-0.05, 0) is 0 Å². The van der Waals surface area contributed by atoms with Crippen molar-refractivity contribution in [1.29, 1.82) is 0 Å². The first-order valence-corrected chi connectivity index (χ1v) is 4.39. The predicted octanol–water partition coefficient (Wildman–Crippen LogP) is 1.43. The van der Waals surface area contributed by atoms with Crippen LogP contribution in [0.1, 0.15) is 12.8 Å². The average molecular weight is 265 g/mol. The molecule has 0 aliphatic heterocycles. The molecule has 1 aliphatic carbocycles. The average Bonchev–Trinajstić information content (AvgIpc) is 2.26. The van der Waals surface area contributed by atoms with Crippen molar-refractivity contribution in [2.24, 2.45) is 0 Å². The van der Waals surface area contributed by atoms with Crippen LogP contribution in [0, 0.1) is 0 Å². The molecule has 0 unspecified atom stereocenters. The zero-order chi connectivity index (χ0) is 14.3. The molecule has 0 atom stereocenters. The standard InChI is InChI=1S/C7H6N4O2.BF4/c8-10-5-1-4(7(12)13)2-6(3-5)11-9;2-1(3,4)5/h1H,2-3H2,(H,12,13);/q;-1. The lowest BCUT2D eigenvalue weighted by Crippen LogP contribution is -2.19. The maximum absolute atomic E-state index is 10.5. The maximum Gasteiger partial charge on any atom is 0.673 e. The summed E-state index contributed by atoms with van der Waals surface area (Å²) in [6.45, 7) is 0. The maximum atomic E-state index is 10.5. The number of aliphatic carboxylic acids is 1. The third-order valence-corrected chi connectivity index (χ3v) is 1.67. The summed E-state index contributed by atoms with van der Waals surface area (Å²) in [5.74, 6) is -1.11. The van der Waals surface area contributed by atoms with Crippen molar-refractivity contribution in [2.45, 2.75) is 12.8 Å². The second-order valence-corrected chi connectivity index (χ2v) is 3.08. The fourth-order valence-electron chi connectivity index (χ4n) is 1.07. The Balaban J connectivity index is 0.000000494. The van der Waals surface area contributed by atoms with Crippen LogP contribution in [0.2, 0.25) is 0 Å². The molecule has 18 heavy (non-hydrogen) atoms. The number of hydrogen-bond acceptors (Lipinski definition) is 1. The van der Waals surface area contributed by atoms with E-state index in [1.807, 2.05) is 0 Å². The highest BCUT2D eigenvalue weighted by atomic mass is 19.5. The molecule has 0 fully saturated rings. The van der Waals surface area contributed by atoms with Crippen LogP contribution in [0.5, 0.6) is 0 Å². The van der Waals surface area contributed by atoms with Gasteiger partial charge in [0.2, 0.25) is 0 Å². The molecule has 0 saturated heterocycles. The van der Waals surface area contributed by atoms with Crippen LogP contribution >= 0.6 is 0 Å². The number of carbonyl (C=O) groups is 1. The van der Waals surface area contributed by atoms with Crippen LogP contribution in [0.25, 0.3) is 11.1 Å². The molecule has 0 spiro atoms. The molecule has 6 nitrogen and oxygen atoms in total. The lowest BCUT2D eigenvalue weighted by molar-refractivity contribution is -0.132. The summed E-state index contributed by atoms with van der Waals surface area (Å²) < 4.78 is 39.0. The summed E-state index contributed by atoms with van der Waals surface area (Å²) in [6, 6.07) is 0. The summed E-state index contributed by atoms with van der Waals surface area (Å²) in [4.78, 5) is 16.3. The molecule has 1 N–H and O–H groups in total. The Bertz CT molecular complexity index is 468. The summed E-state index contributed by atoms with van der Waals surface area (Å²) in [6.07, 6.45) is 1.51. The molecule has 0 heterocycles. The molecular weight excluding hydrogens is 259 g/mol. The Labute approximate surface area is 97.9 Å². The molecule has 0 aromatic rings. The van der Waals surface area contributed by atoms with Gasteiger partial charge in [0.1, 0.15) is 6.42 Å². The minimum atomic E-state index is -6.00. The third-order valence-electron chi connectivity index (χ3n) is 1.67. The van der Waals surface area contributed by atoms with E-state index in [9.17, 15) is 22.1 Å². The van der Waals surface area contributed by atoms with Crippen molar-refractivity contribution in [1.82, 2.24) is 0 Å². The van der Waals surface area contributed by atoms with Crippen LogP contribution < -0.4 is 0 Å². The van der Waals surface area contributed by atoms with Gasteiger partial charge in [-0.1, -0.05) is 0 Å². The number of carboxylic acids is 1. The topological polar surface area (TPSA) is 110 Å². The van der Waals surface area contributed by atoms with Crippen molar-refractivity contribution < 1.29 is 36.7 Å². The number of carboxylic acid groups (broad SMARTS) is 1. The van der Waals surface area contributed by atoms with Crippen molar-refractivity contribution in [3.63, 3.8) is 0 Å². The molecule has 0 saturated carbocycles. The van der Waals surface area contributed by atoms with E-state index in [2.05, 4.69) is 9.58 Å². The zero-order valence-corrected chi connectivity index (χ0v) is 8.73. The highest BCUT2D eigenvalue weighted by Gasteiger charge is 2.28. The van der Waals surface area contributed by atoms with Crippen molar-refractivity contribution in [3.8, 4) is 0 Å². The van der Waals surface area contributed by atoms with Crippen molar-refractivity contribution >= 4 is 24.6 Å². The van der Waals surface area contributed by atoms with Gasteiger partial charge >= 0.3 is 18.9 Å². The minimum absolute atomic E-state index is 0.0480. The van der Waals surface area contributed by atoms with Gasteiger partial charge in [0.25, 0.3) is 5.71 Å². The number of nitrogens with zero attached hydrogens (tertiary/aromatic N) is 4. The Morgan fingerprint density at radius 1 is 1.22 bits per heavy atom. The van der Waals surface area contributed by atoms with Crippen LogP contribution in [-0.2, 0) is 4.79 Å². The highest BCUT2D eigenvalue weighted by molar-refractivity contribution is 6.50. The predicted molar refractivity (Wildman–Crippen MR) is 52.4 cm³/mol. The van der Waals surface area contributed by atoms with Crippen molar-refractivity contribution in [3.05, 3.63) is 22.7 Å². The first-order valence-electron chi connectivity index (χ1n) is 4.39. The molecular formula is C7H6BF4N4O2-. The Hall–Kier alpha value is -2.25. The molecule has 0 radical (unpaired) electrons. The number of allylic oxidation sites excluding steroid dienone is 1. The summed E-state index contributed by atoms with van der Waals surface area (Å²) in [7, 11) is -6.00. The SMILES string of the molecule is F[B-](F)(F)F.[N-]=[N+]=C1C=C(C(=O)O)CC(=[N+]=[N-])C1. The van der Waals surface area contributed by atoms with Gasteiger partial charge in [0.05, 0.1) is 12.0 Å². The van der Waals surface area contributed by atoms with E-state index in [4.69, 9.17) is 16.2 Å². The van der Waals surface area contributed by atoms with Gasteiger partial charge in [0, 0.05) is 6.08 Å². The Morgan fingerprint density at radius 3 is 2.06 bits per heavy atom. The summed E-state index contributed by atoms with van der Waals surface area (Å²) in [5.41, 5.74) is 17.3. The second kappa shape index (κ2) is 6.48. The number of halogens is 4. The van der Waals surface area contributed by atoms with Crippen molar-refractivity contribution in [2.75, 3.05) is 0 Å². The molecule has 0 amide bonds. The van der Waals surface area contributed by atoms with Crippen LogP contribution in [0.3, 0.4) is 0 Å². The highest BCUT2D eigenvalue weighted by Crippen LogP contribution is 2.11. The van der Waals surface area contributed by atoms with Gasteiger partial charge in [-0.15, -0.1) is 0 Å². The van der Waals surface area contributed by atoms with Gasteiger partial charge < -0.3 is 33.4 Å². The van der Waals surface area contributed by atoms with Gasteiger partial charge in [-0.3, -0.25) is 0 Å². The smallest absolute Gasteiger partial charge is 0.478 e. The number of hydrogen-bond donors (Lipinski definition) is 1. The second-order valence-electron chi connectivity index (χ2n) is 3.08. The fraction of sp³-hybridized carbons (Fsp3) is 0.286. The monoisotopic (exact) mass is 265 g/mol. The van der Waals surface area contributed by atoms with Crippen LogP contribution in [0.4, 0.5) is 17.3 Å². The molecule has 0 bridgehead atoms. The van der Waals surface area contributed by atoms with Gasteiger partial charge in [-0.2, -0.15) is 9.58 Å². The molecule has 11 heteroatoms. The van der Waals surface area contributed by atoms with E-state index in [-0.39, 0.29) is 29.8 Å². The minimum Gasteiger partial charge on any atom is -0.478 e. The van der Waals surface area contributed by atoms with E-state index in [1.165, 1.54) is 6.08 Å². The molecule has 1 aliphatic rings. The molecule has 0 aromatic heterocycles. The van der Waals surface area contributed by atoms with Gasteiger partial charge in [-0.25, -0.2) is 4.79 Å². The van der Waals surface area contributed by atoms with Gasteiger partial charge in [0.15, 0.2) is 0 Å². The third kappa shape index (κ3) is 7.10. The van der Waals surface area contributed by atoms with Crippen LogP contribution in [0.15, 0.2) is 11.6 Å². The Morgan fingerprint density at radius 2 is 1.72 bits per heavy atom. The summed E-state index contributed by atoms with van der Waals surface area (Å²) in [5, 5.41) is 8.62. The first kappa shape index (κ1) is 15.8. The molecule has 1 rings (SSSR count). The van der Waals surface area contributed by atoms with Crippen LogP contribution in [-0.4, -0.2) is 39.3 Å². The van der Waals surface area contributed by atoms with E-state index < -0.39 is 13.2 Å². The molecule has 98 valence electrons. The first-order chi connectivity index (χ1) is 8.17. The van der Waals surface area contributed by atoms with E-state index in [1.54, 1.807) is 0 Å². The van der Waals surface area contributed by atoms with E-state index >= 15 is 0 Å². The normalized spacial score (nSPS) is 14.8. The Kier molecular flexibility index (Phi) is 5.67. The summed E-state index contributed by atoms with van der Waals surface area (Å²) >= 11 is 0. The quantitative estimate of drug-likeness (QED) is 0.334. The lowest BCUT2D eigenvalue weighted by Gasteiger charge is -2.00. The fourth-order valence-corrected chi connectivity index (χ4v) is 1.07. The van der Waals surface area contributed by atoms with E-state index in [0.717, 1.165) is 0 Å². The van der Waals surface area contributed by atoms with E-state index in [0.29, 0.717) is 0 Å². The lowest BCUT2D eigenvalue weighted by atomic mass is 9.96. The zero-order valence-electron chi connectivity index (χ0n) is 8.73. The number of rotatable bonds is 1. The largest absolute Gasteiger partial charge is 0.673 e. The molecule has 0 aromatic carbocycles.